The molecule has 0 aromatic rings. The van der Waals surface area contributed by atoms with Gasteiger partial charge in [-0.25, -0.2) is 20.1 Å². The first-order valence-corrected chi connectivity index (χ1v) is 1.87. The lowest BCUT2D eigenvalue weighted by Crippen LogP contribution is -2.37. The molecule has 0 aliphatic rings. The van der Waals surface area contributed by atoms with Crippen molar-refractivity contribution in [3.8, 4) is 0 Å². The van der Waals surface area contributed by atoms with Crippen molar-refractivity contribution in [3.05, 3.63) is 10.1 Å². The van der Waals surface area contributed by atoms with Gasteiger partial charge >= 0.3 is 11.9 Å². The summed E-state index contributed by atoms with van der Waals surface area (Å²) in [4.78, 5) is 29.0. The maximum absolute atomic E-state index is 9.92. The molecule has 2 N–H and O–H groups in total. The molecule has 0 atom stereocenters. The van der Waals surface area contributed by atoms with Gasteiger partial charge in [-0.1, -0.05) is 0 Å². The summed E-state index contributed by atoms with van der Waals surface area (Å²) in [5.74, 6) is -4.11. The second-order valence-electron chi connectivity index (χ2n) is 1.14. The summed E-state index contributed by atoms with van der Waals surface area (Å²) < 4.78 is 0. The van der Waals surface area contributed by atoms with E-state index >= 15 is 0 Å². The lowest BCUT2D eigenvalue weighted by molar-refractivity contribution is -0.703. The molecule has 0 saturated carbocycles. The van der Waals surface area contributed by atoms with Crippen LogP contribution in [0.5, 0.6) is 0 Å². The van der Waals surface area contributed by atoms with Crippen molar-refractivity contribution in [1.82, 2.24) is 5.17 Å². The number of rotatable bonds is 1. The molecule has 0 unspecified atom stereocenters. The van der Waals surface area contributed by atoms with Crippen LogP contribution in [0.3, 0.4) is 0 Å². The number of nitro groups is 1. The minimum atomic E-state index is -2.10. The van der Waals surface area contributed by atoms with Crippen LogP contribution in [0.2, 0.25) is 0 Å². The Bertz CT molecular complexity index is 186. The smallest absolute Gasteiger partial charge is 0.422 e. The molecule has 56 valence electrons. The van der Waals surface area contributed by atoms with Crippen LogP contribution >= 0.6 is 0 Å². The Labute approximate surface area is 53.4 Å². The van der Waals surface area contributed by atoms with E-state index in [9.17, 15) is 19.7 Å². The first-order valence-electron chi connectivity index (χ1n) is 1.87. The zero-order valence-electron chi connectivity index (χ0n) is 4.42. The molecule has 10 heavy (non-hydrogen) atoms. The van der Waals surface area contributed by atoms with Gasteiger partial charge in [0.2, 0.25) is 0 Å². The molecule has 0 aromatic carbocycles. The highest BCUT2D eigenvalue weighted by atomic mass is 16.8. The van der Waals surface area contributed by atoms with E-state index in [0.29, 0.717) is 0 Å². The number of hydrogen-bond donors (Lipinski definition) is 2. The molecule has 0 bridgehead atoms. The number of hydrazine groups is 1. The van der Waals surface area contributed by atoms with Crippen molar-refractivity contribution in [2.24, 2.45) is 0 Å². The van der Waals surface area contributed by atoms with Gasteiger partial charge in [-0.2, -0.15) is 0 Å². The predicted octanol–water partition coefficient (Wildman–Crippen LogP) is -1.52. The molecule has 0 fully saturated rings. The first kappa shape index (κ1) is 8.30. The van der Waals surface area contributed by atoms with E-state index in [1.54, 1.807) is 0 Å². The number of aliphatic carboxylic acids is 1. The fourth-order valence-corrected chi connectivity index (χ4v) is 0.160. The number of hydrogen-bond acceptors (Lipinski definition) is 5. The van der Waals surface area contributed by atoms with E-state index in [1.165, 1.54) is 0 Å². The molecule has 0 radical (unpaired) electrons. The van der Waals surface area contributed by atoms with E-state index in [4.69, 9.17) is 10.3 Å². The minimum Gasteiger partial charge on any atom is -0.474 e. The van der Waals surface area contributed by atoms with Crippen LogP contribution in [-0.4, -0.2) is 32.4 Å². The summed E-state index contributed by atoms with van der Waals surface area (Å²) in [6.45, 7) is 0. The van der Waals surface area contributed by atoms with Crippen LogP contribution in [0.25, 0.3) is 0 Å². The largest absolute Gasteiger partial charge is 0.474 e. The van der Waals surface area contributed by atoms with Crippen molar-refractivity contribution in [1.29, 1.82) is 0 Å². The van der Waals surface area contributed by atoms with E-state index < -0.39 is 22.1 Å². The Morgan fingerprint density at radius 2 is 1.90 bits per heavy atom. The maximum atomic E-state index is 9.92. The van der Waals surface area contributed by atoms with Crippen molar-refractivity contribution in [3.63, 3.8) is 0 Å². The molecule has 1 amide bonds. The predicted molar refractivity (Wildman–Crippen MR) is 23.3 cm³/mol. The monoisotopic (exact) mass is 150 g/mol. The van der Waals surface area contributed by atoms with Crippen molar-refractivity contribution >= 4 is 11.9 Å². The van der Waals surface area contributed by atoms with Crippen LogP contribution in [-0.2, 0) is 9.59 Å². The number of hydroxylamine groups is 1. The molecule has 0 rings (SSSR count). The van der Waals surface area contributed by atoms with Crippen LogP contribution in [0.4, 0.5) is 0 Å². The molecular weight excluding hydrogens is 148 g/mol. The van der Waals surface area contributed by atoms with Gasteiger partial charge in [-0.05, 0) is 0 Å². The van der Waals surface area contributed by atoms with Crippen molar-refractivity contribution in [2.75, 3.05) is 0 Å². The third kappa shape index (κ3) is 1.67. The summed E-state index contributed by atoms with van der Waals surface area (Å²) in [6, 6.07) is 0. The summed E-state index contributed by atoms with van der Waals surface area (Å²) in [5, 5.41) is 22.5. The van der Waals surface area contributed by atoms with Gasteiger partial charge in [-0.15, -0.1) is 0 Å². The van der Waals surface area contributed by atoms with Crippen LogP contribution in [0, 0.1) is 10.1 Å². The summed E-state index contributed by atoms with van der Waals surface area (Å²) in [7, 11) is 0. The Morgan fingerprint density at radius 3 is 2.00 bits per heavy atom. The molecule has 8 nitrogen and oxygen atoms in total. The Hall–Kier alpha value is -1.70. The van der Waals surface area contributed by atoms with Gasteiger partial charge < -0.3 is 5.11 Å². The molecule has 0 saturated heterocycles. The third-order valence-corrected chi connectivity index (χ3v) is 0.519. The van der Waals surface area contributed by atoms with Gasteiger partial charge in [0.1, 0.15) is 0 Å². The van der Waals surface area contributed by atoms with Gasteiger partial charge in [-0.3, -0.25) is 4.79 Å². The zero-order valence-corrected chi connectivity index (χ0v) is 4.42. The Kier molecular flexibility index (Phi) is 2.27. The molecule has 0 aliphatic carbocycles. The minimum absolute atomic E-state index is 1.11. The highest BCUT2D eigenvalue weighted by Crippen LogP contribution is 1.82. The number of carbonyl (C=O) groups excluding carboxylic acids is 1. The van der Waals surface area contributed by atoms with Crippen molar-refractivity contribution in [2.45, 2.75) is 0 Å². The Morgan fingerprint density at radius 1 is 1.50 bits per heavy atom. The van der Waals surface area contributed by atoms with Gasteiger partial charge in [0.05, 0.1) is 5.17 Å². The van der Waals surface area contributed by atoms with Crippen LogP contribution < -0.4 is 0 Å². The molecule has 8 heteroatoms. The van der Waals surface area contributed by atoms with E-state index in [0.717, 1.165) is 0 Å². The zero-order chi connectivity index (χ0) is 8.31. The standard InChI is InChI=1S/C2H2N2O6/c5-1(2(6)7)3(8)4(9)10/h8H,(H,6,7). The van der Waals surface area contributed by atoms with E-state index in [2.05, 4.69) is 0 Å². The van der Waals surface area contributed by atoms with Crippen LogP contribution in [0.1, 0.15) is 0 Å². The number of carbonyl (C=O) groups is 2. The highest BCUT2D eigenvalue weighted by molar-refractivity contribution is 6.30. The first-order chi connectivity index (χ1) is 4.46. The van der Waals surface area contributed by atoms with Crippen LogP contribution in [0.15, 0.2) is 0 Å². The maximum Gasteiger partial charge on any atom is 0.422 e. The highest BCUT2D eigenvalue weighted by Gasteiger charge is 2.28. The second-order valence-corrected chi connectivity index (χ2v) is 1.14. The number of carboxylic acid groups (broad SMARTS) is 1. The average Bonchev–Trinajstić information content (AvgIpc) is 1.84. The second kappa shape index (κ2) is 2.73. The summed E-state index contributed by atoms with van der Waals surface area (Å²) >= 11 is 0. The Balaban J connectivity index is 4.22. The topological polar surface area (TPSA) is 121 Å². The van der Waals surface area contributed by atoms with Crippen molar-refractivity contribution < 1.29 is 24.9 Å². The van der Waals surface area contributed by atoms with E-state index in [-0.39, 0.29) is 0 Å². The molecule has 0 spiro atoms. The summed E-state index contributed by atoms with van der Waals surface area (Å²) in [5.41, 5.74) is 0. The lowest BCUT2D eigenvalue weighted by Gasteiger charge is -1.97. The normalized spacial score (nSPS) is 8.50. The molecule has 0 aliphatic heterocycles. The number of carboxylic acids is 1. The van der Waals surface area contributed by atoms with E-state index in [1.807, 2.05) is 0 Å². The SMILES string of the molecule is O=C(O)C(=O)N(O)[N+](=O)[O-]. The third-order valence-electron chi connectivity index (χ3n) is 0.519. The van der Waals surface area contributed by atoms with Gasteiger partial charge in [0.15, 0.2) is 5.03 Å². The number of amides is 1. The molecular formula is C2H2N2O6. The van der Waals surface area contributed by atoms with Gasteiger partial charge in [0, 0.05) is 0 Å². The van der Waals surface area contributed by atoms with Gasteiger partial charge in [0.25, 0.3) is 0 Å². The fraction of sp³-hybridized carbons (Fsp3) is 0. The lowest BCUT2D eigenvalue weighted by atomic mass is 10.6. The summed E-state index contributed by atoms with van der Waals surface area (Å²) in [6.07, 6.45) is 0. The molecule has 0 aromatic heterocycles. The quantitative estimate of drug-likeness (QED) is 0.202. The molecule has 0 heterocycles. The fourth-order valence-electron chi connectivity index (χ4n) is 0.160. The average molecular weight is 150 g/mol. The number of nitrogens with zero attached hydrogens (tertiary/aromatic N) is 2.